The van der Waals surface area contributed by atoms with Gasteiger partial charge < -0.3 is 20.7 Å². The Labute approximate surface area is 157 Å². The molecule has 9 heteroatoms. The molecule has 0 heterocycles. The third-order valence-electron chi connectivity index (χ3n) is 3.07. The van der Waals surface area contributed by atoms with Gasteiger partial charge in [-0.1, -0.05) is 6.07 Å². The van der Waals surface area contributed by atoms with Gasteiger partial charge in [-0.2, -0.15) is 0 Å². The SMILES string of the molecule is CN=C(NCC(=O)NCCOC)NC(C)c1ccc(F)c(F)c1.I. The van der Waals surface area contributed by atoms with E-state index in [0.29, 0.717) is 24.7 Å². The highest BCUT2D eigenvalue weighted by Crippen LogP contribution is 2.15. The molecule has 1 amide bonds. The number of hydrogen-bond acceptors (Lipinski definition) is 3. The van der Waals surface area contributed by atoms with Crippen LogP contribution < -0.4 is 16.0 Å². The lowest BCUT2D eigenvalue weighted by Gasteiger charge is -2.18. The van der Waals surface area contributed by atoms with Crippen molar-refractivity contribution in [3.8, 4) is 0 Å². The highest BCUT2D eigenvalue weighted by Gasteiger charge is 2.11. The fourth-order valence-electron chi connectivity index (χ4n) is 1.78. The minimum absolute atomic E-state index is 0. The maximum absolute atomic E-state index is 13.2. The summed E-state index contributed by atoms with van der Waals surface area (Å²) in [6.45, 7) is 2.67. The van der Waals surface area contributed by atoms with E-state index in [4.69, 9.17) is 4.74 Å². The van der Waals surface area contributed by atoms with E-state index in [1.807, 2.05) is 0 Å². The summed E-state index contributed by atoms with van der Waals surface area (Å²) in [5.41, 5.74) is 0.566. The van der Waals surface area contributed by atoms with Gasteiger partial charge in [0.1, 0.15) is 0 Å². The molecule has 1 aromatic rings. The van der Waals surface area contributed by atoms with E-state index in [2.05, 4.69) is 20.9 Å². The van der Waals surface area contributed by atoms with Crippen LogP contribution in [0.5, 0.6) is 0 Å². The maximum atomic E-state index is 13.2. The molecule has 1 rings (SSSR count). The molecule has 0 saturated heterocycles. The molecule has 0 aliphatic heterocycles. The molecule has 0 radical (unpaired) electrons. The Hall–Kier alpha value is -1.49. The summed E-state index contributed by atoms with van der Waals surface area (Å²) in [6.07, 6.45) is 0. The van der Waals surface area contributed by atoms with E-state index in [-0.39, 0.29) is 42.5 Å². The van der Waals surface area contributed by atoms with Crippen LogP contribution in [0.15, 0.2) is 23.2 Å². The molecular weight excluding hydrogens is 433 g/mol. The number of guanidine groups is 1. The molecule has 1 unspecified atom stereocenters. The number of ether oxygens (including phenoxy) is 1. The second-order valence-corrected chi connectivity index (χ2v) is 4.81. The molecule has 0 saturated carbocycles. The fourth-order valence-corrected chi connectivity index (χ4v) is 1.78. The third-order valence-corrected chi connectivity index (χ3v) is 3.07. The van der Waals surface area contributed by atoms with Crippen molar-refractivity contribution in [1.82, 2.24) is 16.0 Å². The second-order valence-electron chi connectivity index (χ2n) is 4.81. The molecular formula is C15H23F2IN4O2. The number of carbonyl (C=O) groups excluding carboxylic acids is 1. The zero-order valence-corrected chi connectivity index (χ0v) is 16.2. The standard InChI is InChI=1S/C15H22F2N4O2.HI/c1-10(11-4-5-12(16)13(17)8-11)21-15(18-2)20-9-14(22)19-6-7-23-3;/h4-5,8,10H,6-7,9H2,1-3H3,(H,19,22)(H2,18,20,21);1H. The van der Waals surface area contributed by atoms with E-state index in [1.165, 1.54) is 6.07 Å². The zero-order valence-electron chi connectivity index (χ0n) is 13.9. The fraction of sp³-hybridized carbons (Fsp3) is 0.467. The number of nitrogens with one attached hydrogen (secondary N) is 3. The van der Waals surface area contributed by atoms with Crippen molar-refractivity contribution in [2.45, 2.75) is 13.0 Å². The van der Waals surface area contributed by atoms with Crippen LogP contribution in [0.1, 0.15) is 18.5 Å². The Morgan fingerprint density at radius 1 is 1.29 bits per heavy atom. The number of rotatable bonds is 7. The lowest BCUT2D eigenvalue weighted by atomic mass is 10.1. The van der Waals surface area contributed by atoms with E-state index in [0.717, 1.165) is 12.1 Å². The number of benzene rings is 1. The number of halogens is 3. The van der Waals surface area contributed by atoms with E-state index in [9.17, 15) is 13.6 Å². The first-order chi connectivity index (χ1) is 11.0. The van der Waals surface area contributed by atoms with Crippen LogP contribution in [0.25, 0.3) is 0 Å². The van der Waals surface area contributed by atoms with Gasteiger partial charge in [0.15, 0.2) is 17.6 Å². The van der Waals surface area contributed by atoms with E-state index >= 15 is 0 Å². The minimum Gasteiger partial charge on any atom is -0.383 e. The molecule has 1 atom stereocenters. The number of carbonyl (C=O) groups is 1. The minimum atomic E-state index is -0.906. The molecule has 6 nitrogen and oxygen atoms in total. The van der Waals surface area contributed by atoms with Gasteiger partial charge >= 0.3 is 0 Å². The van der Waals surface area contributed by atoms with Crippen LogP contribution >= 0.6 is 24.0 Å². The van der Waals surface area contributed by atoms with Crippen LogP contribution in [-0.2, 0) is 9.53 Å². The first-order valence-electron chi connectivity index (χ1n) is 7.15. The maximum Gasteiger partial charge on any atom is 0.239 e. The Balaban J connectivity index is 0.00000529. The average Bonchev–Trinajstić information content (AvgIpc) is 2.54. The lowest BCUT2D eigenvalue weighted by molar-refractivity contribution is -0.120. The summed E-state index contributed by atoms with van der Waals surface area (Å²) >= 11 is 0. The molecule has 0 aliphatic carbocycles. The van der Waals surface area contributed by atoms with Crippen molar-refractivity contribution in [3.05, 3.63) is 35.4 Å². The lowest BCUT2D eigenvalue weighted by Crippen LogP contribution is -2.44. The van der Waals surface area contributed by atoms with Crippen molar-refractivity contribution in [2.75, 3.05) is 33.9 Å². The summed E-state index contributed by atoms with van der Waals surface area (Å²) in [6, 6.07) is 3.37. The number of amides is 1. The van der Waals surface area contributed by atoms with Gasteiger partial charge in [0.25, 0.3) is 0 Å². The van der Waals surface area contributed by atoms with Crippen LogP contribution in [-0.4, -0.2) is 45.7 Å². The van der Waals surface area contributed by atoms with Gasteiger partial charge in [0, 0.05) is 20.7 Å². The first kappa shape index (κ1) is 22.5. The van der Waals surface area contributed by atoms with Gasteiger partial charge in [0.05, 0.1) is 19.2 Å². The summed E-state index contributed by atoms with van der Waals surface area (Å²) < 4.78 is 31.0. The normalized spacial score (nSPS) is 12.1. The predicted molar refractivity (Wildman–Crippen MR) is 99.6 cm³/mol. The van der Waals surface area contributed by atoms with Gasteiger partial charge in [-0.25, -0.2) is 8.78 Å². The van der Waals surface area contributed by atoms with Gasteiger partial charge in [-0.05, 0) is 24.6 Å². The molecule has 0 fully saturated rings. The van der Waals surface area contributed by atoms with Crippen molar-refractivity contribution >= 4 is 35.8 Å². The predicted octanol–water partition coefficient (Wildman–Crippen LogP) is 1.57. The number of hydrogen-bond donors (Lipinski definition) is 3. The number of methoxy groups -OCH3 is 1. The molecule has 136 valence electrons. The van der Waals surface area contributed by atoms with E-state index < -0.39 is 11.6 Å². The monoisotopic (exact) mass is 456 g/mol. The van der Waals surface area contributed by atoms with Crippen LogP contribution in [0, 0.1) is 11.6 Å². The Morgan fingerprint density at radius 2 is 2.00 bits per heavy atom. The molecule has 0 bridgehead atoms. The molecule has 0 aliphatic rings. The summed E-state index contributed by atoms with van der Waals surface area (Å²) in [5, 5.41) is 8.50. The van der Waals surface area contributed by atoms with Gasteiger partial charge in [0.2, 0.25) is 5.91 Å². The van der Waals surface area contributed by atoms with Gasteiger partial charge in [-0.3, -0.25) is 9.79 Å². The summed E-state index contributed by atoms with van der Waals surface area (Å²) in [7, 11) is 3.10. The summed E-state index contributed by atoms with van der Waals surface area (Å²) in [5.74, 6) is -1.62. The number of nitrogens with zero attached hydrogens (tertiary/aromatic N) is 1. The third kappa shape index (κ3) is 7.86. The molecule has 1 aromatic carbocycles. The van der Waals surface area contributed by atoms with Crippen molar-refractivity contribution in [3.63, 3.8) is 0 Å². The second kappa shape index (κ2) is 12.0. The summed E-state index contributed by atoms with van der Waals surface area (Å²) in [4.78, 5) is 15.6. The van der Waals surface area contributed by atoms with Crippen LogP contribution in [0.3, 0.4) is 0 Å². The Bertz CT molecular complexity index is 558. The van der Waals surface area contributed by atoms with Crippen LogP contribution in [0.2, 0.25) is 0 Å². The number of aliphatic imine (C=N–C) groups is 1. The Morgan fingerprint density at radius 3 is 2.58 bits per heavy atom. The van der Waals surface area contributed by atoms with Crippen molar-refractivity contribution < 1.29 is 18.3 Å². The van der Waals surface area contributed by atoms with Crippen LogP contribution in [0.4, 0.5) is 8.78 Å². The zero-order chi connectivity index (χ0) is 17.2. The molecule has 3 N–H and O–H groups in total. The topological polar surface area (TPSA) is 74.8 Å². The Kier molecular flexibility index (Phi) is 11.2. The van der Waals surface area contributed by atoms with E-state index in [1.54, 1.807) is 21.1 Å². The van der Waals surface area contributed by atoms with Gasteiger partial charge in [-0.15, -0.1) is 24.0 Å². The quantitative estimate of drug-likeness (QED) is 0.252. The molecule has 0 aromatic heterocycles. The van der Waals surface area contributed by atoms with Crippen molar-refractivity contribution in [2.24, 2.45) is 4.99 Å². The highest BCUT2D eigenvalue weighted by molar-refractivity contribution is 14.0. The van der Waals surface area contributed by atoms with Crippen molar-refractivity contribution in [1.29, 1.82) is 0 Å². The highest BCUT2D eigenvalue weighted by atomic mass is 127. The average molecular weight is 456 g/mol. The largest absolute Gasteiger partial charge is 0.383 e. The first-order valence-corrected chi connectivity index (χ1v) is 7.15. The smallest absolute Gasteiger partial charge is 0.239 e. The molecule has 0 spiro atoms. The molecule has 24 heavy (non-hydrogen) atoms.